The lowest BCUT2D eigenvalue weighted by Crippen LogP contribution is -2.20. The second kappa shape index (κ2) is 8.16. The molecule has 1 amide bonds. The number of nitrogens with zero attached hydrogens (tertiary/aromatic N) is 4. The van der Waals surface area contributed by atoms with Crippen molar-refractivity contribution in [3.05, 3.63) is 84.1 Å². The van der Waals surface area contributed by atoms with E-state index >= 15 is 0 Å². The average molecular weight is 395 g/mol. The maximum Gasteiger partial charge on any atom is 0.267 e. The molecule has 142 valence electrons. The number of fused-ring (bicyclic) bond motifs is 1. The Bertz CT molecular complexity index is 1130. The van der Waals surface area contributed by atoms with Gasteiger partial charge in [-0.1, -0.05) is 24.3 Å². The Hall–Kier alpha value is -3.29. The second-order valence-corrected chi connectivity index (χ2v) is 6.21. The van der Waals surface area contributed by atoms with Crippen molar-refractivity contribution in [3.8, 4) is 5.69 Å². The Morgan fingerprint density at radius 2 is 1.89 bits per heavy atom. The van der Waals surface area contributed by atoms with E-state index in [9.17, 15) is 4.79 Å². The molecule has 7 nitrogen and oxygen atoms in total. The molecular formula is C20H19ClN6O. The molecule has 1 aromatic carbocycles. The number of primary amides is 1. The van der Waals surface area contributed by atoms with E-state index in [0.717, 1.165) is 16.6 Å². The molecule has 0 aliphatic carbocycles. The summed E-state index contributed by atoms with van der Waals surface area (Å²) in [7, 11) is 0. The minimum Gasteiger partial charge on any atom is -0.364 e. The molecule has 0 radical (unpaired) electrons. The normalized spacial score (nSPS) is 11.8. The van der Waals surface area contributed by atoms with Crippen molar-refractivity contribution in [1.29, 1.82) is 0 Å². The predicted octanol–water partition coefficient (Wildman–Crippen LogP) is 2.58. The van der Waals surface area contributed by atoms with E-state index in [1.807, 2.05) is 53.3 Å². The van der Waals surface area contributed by atoms with Gasteiger partial charge in [0, 0.05) is 23.7 Å². The highest BCUT2D eigenvalue weighted by molar-refractivity contribution is 5.90. The van der Waals surface area contributed by atoms with Gasteiger partial charge in [0.2, 0.25) is 0 Å². The van der Waals surface area contributed by atoms with Crippen molar-refractivity contribution in [2.75, 3.05) is 0 Å². The van der Waals surface area contributed by atoms with Gasteiger partial charge in [0.1, 0.15) is 5.69 Å². The van der Waals surface area contributed by atoms with Crippen molar-refractivity contribution in [1.82, 2.24) is 19.7 Å². The van der Waals surface area contributed by atoms with E-state index in [2.05, 4.69) is 15.1 Å². The number of halogens is 1. The molecule has 1 atom stereocenters. The van der Waals surface area contributed by atoms with Crippen molar-refractivity contribution < 1.29 is 4.79 Å². The number of hydrogen-bond donors (Lipinski definition) is 2. The predicted molar refractivity (Wildman–Crippen MR) is 110 cm³/mol. The van der Waals surface area contributed by atoms with Crippen LogP contribution in [-0.2, 0) is 6.42 Å². The summed E-state index contributed by atoms with van der Waals surface area (Å²) in [6.45, 7) is 0. The smallest absolute Gasteiger partial charge is 0.267 e. The fourth-order valence-corrected chi connectivity index (χ4v) is 3.09. The highest BCUT2D eigenvalue weighted by Crippen LogP contribution is 2.24. The van der Waals surface area contributed by atoms with Gasteiger partial charge in [-0.15, -0.1) is 12.4 Å². The second-order valence-electron chi connectivity index (χ2n) is 6.21. The van der Waals surface area contributed by atoms with Gasteiger partial charge in [0.15, 0.2) is 0 Å². The Kier molecular flexibility index (Phi) is 5.67. The molecule has 0 saturated carbocycles. The number of para-hydroxylation sites is 1. The molecule has 4 N–H and O–H groups in total. The Labute approximate surface area is 167 Å². The standard InChI is InChI=1S/C20H18N6O.ClH/c21-15(11-14-6-3-7-16(25-14)20(22)27)19-18(9-4-10-23-19)26-17-8-2-1-5-13(17)12-24-26;/h1-10,12,15H,11,21H2,(H2,22,27);1H/t15-;/m0./s1. The summed E-state index contributed by atoms with van der Waals surface area (Å²) >= 11 is 0. The third-order valence-corrected chi connectivity index (χ3v) is 4.36. The molecule has 0 bridgehead atoms. The van der Waals surface area contributed by atoms with Gasteiger partial charge in [-0.05, 0) is 30.3 Å². The first kappa shape index (κ1) is 19.5. The first-order chi connectivity index (χ1) is 13.1. The van der Waals surface area contributed by atoms with Crippen LogP contribution in [0.2, 0.25) is 0 Å². The van der Waals surface area contributed by atoms with Gasteiger partial charge >= 0.3 is 0 Å². The molecule has 0 aliphatic rings. The van der Waals surface area contributed by atoms with Crippen LogP contribution >= 0.6 is 12.4 Å². The van der Waals surface area contributed by atoms with Crippen molar-refractivity contribution in [2.45, 2.75) is 12.5 Å². The van der Waals surface area contributed by atoms with Crippen molar-refractivity contribution in [2.24, 2.45) is 11.5 Å². The lowest BCUT2D eigenvalue weighted by molar-refractivity contribution is 0.0995. The maximum atomic E-state index is 11.3. The summed E-state index contributed by atoms with van der Waals surface area (Å²) in [5, 5.41) is 5.54. The fraction of sp³-hybridized carbons (Fsp3) is 0.100. The summed E-state index contributed by atoms with van der Waals surface area (Å²) in [6.07, 6.45) is 3.94. The van der Waals surface area contributed by atoms with Gasteiger partial charge in [0.25, 0.3) is 5.91 Å². The van der Waals surface area contributed by atoms with E-state index in [4.69, 9.17) is 11.5 Å². The first-order valence-corrected chi connectivity index (χ1v) is 8.53. The van der Waals surface area contributed by atoms with Crippen LogP contribution < -0.4 is 11.5 Å². The van der Waals surface area contributed by atoms with Gasteiger partial charge in [-0.3, -0.25) is 9.78 Å². The van der Waals surface area contributed by atoms with E-state index in [-0.39, 0.29) is 18.1 Å². The zero-order valence-electron chi connectivity index (χ0n) is 14.9. The number of amides is 1. The van der Waals surface area contributed by atoms with Gasteiger partial charge < -0.3 is 11.5 Å². The van der Waals surface area contributed by atoms with E-state index < -0.39 is 11.9 Å². The molecule has 3 heterocycles. The molecule has 0 unspecified atom stereocenters. The van der Waals surface area contributed by atoms with E-state index in [0.29, 0.717) is 17.8 Å². The van der Waals surface area contributed by atoms with Crippen LogP contribution in [0.15, 0.2) is 67.0 Å². The molecule has 28 heavy (non-hydrogen) atoms. The van der Waals surface area contributed by atoms with Gasteiger partial charge in [0.05, 0.1) is 29.1 Å². The number of aromatic nitrogens is 4. The number of benzene rings is 1. The maximum absolute atomic E-state index is 11.3. The quantitative estimate of drug-likeness (QED) is 0.540. The van der Waals surface area contributed by atoms with Crippen molar-refractivity contribution >= 4 is 29.2 Å². The molecule has 4 rings (SSSR count). The number of carbonyl (C=O) groups is 1. The lowest BCUT2D eigenvalue weighted by Gasteiger charge is -2.16. The topological polar surface area (TPSA) is 113 Å². The highest BCUT2D eigenvalue weighted by Gasteiger charge is 2.17. The average Bonchev–Trinajstić information content (AvgIpc) is 3.12. The van der Waals surface area contributed by atoms with Gasteiger partial charge in [-0.25, -0.2) is 9.67 Å². The van der Waals surface area contributed by atoms with Crippen LogP contribution in [0.3, 0.4) is 0 Å². The van der Waals surface area contributed by atoms with Crippen LogP contribution in [0.25, 0.3) is 16.6 Å². The summed E-state index contributed by atoms with van der Waals surface area (Å²) in [4.78, 5) is 20.1. The molecule has 3 aromatic heterocycles. The lowest BCUT2D eigenvalue weighted by atomic mass is 10.1. The Morgan fingerprint density at radius 1 is 1.07 bits per heavy atom. The van der Waals surface area contributed by atoms with Crippen molar-refractivity contribution in [3.63, 3.8) is 0 Å². The molecule has 0 spiro atoms. The van der Waals surface area contributed by atoms with Crippen LogP contribution in [0, 0.1) is 0 Å². The third-order valence-electron chi connectivity index (χ3n) is 4.36. The fourth-order valence-electron chi connectivity index (χ4n) is 3.09. The molecule has 8 heteroatoms. The summed E-state index contributed by atoms with van der Waals surface area (Å²) in [6, 6.07) is 16.5. The van der Waals surface area contributed by atoms with E-state index in [1.165, 1.54) is 0 Å². The van der Waals surface area contributed by atoms with Crippen LogP contribution in [0.1, 0.15) is 27.9 Å². The monoisotopic (exact) mass is 394 g/mol. The number of hydrogen-bond acceptors (Lipinski definition) is 5. The molecular weight excluding hydrogens is 376 g/mol. The van der Waals surface area contributed by atoms with Gasteiger partial charge in [-0.2, -0.15) is 5.10 Å². The van der Waals surface area contributed by atoms with Crippen LogP contribution in [0.5, 0.6) is 0 Å². The summed E-state index contributed by atoms with van der Waals surface area (Å²) < 4.78 is 1.84. The summed E-state index contributed by atoms with van der Waals surface area (Å²) in [5.41, 5.74) is 15.2. The van der Waals surface area contributed by atoms with E-state index in [1.54, 1.807) is 18.3 Å². The molecule has 0 saturated heterocycles. The molecule has 0 aliphatic heterocycles. The number of rotatable bonds is 5. The zero-order valence-corrected chi connectivity index (χ0v) is 15.7. The summed E-state index contributed by atoms with van der Waals surface area (Å²) in [5.74, 6) is -0.563. The number of carbonyl (C=O) groups excluding carboxylic acids is 1. The molecule has 0 fully saturated rings. The largest absolute Gasteiger partial charge is 0.364 e. The minimum absolute atomic E-state index is 0. The SMILES string of the molecule is Cl.NC(=O)c1cccc(C[C@H](N)c2ncccc2-n2ncc3ccccc32)n1. The third kappa shape index (κ3) is 3.71. The Balaban J connectivity index is 0.00000225. The van der Waals surface area contributed by atoms with Crippen LogP contribution in [0.4, 0.5) is 0 Å². The zero-order chi connectivity index (χ0) is 18.8. The number of nitrogens with two attached hydrogens (primary N) is 2. The number of pyridine rings is 2. The first-order valence-electron chi connectivity index (χ1n) is 8.53. The Morgan fingerprint density at radius 3 is 2.71 bits per heavy atom. The minimum atomic E-state index is -0.563. The highest BCUT2D eigenvalue weighted by atomic mass is 35.5. The molecule has 4 aromatic rings. The van der Waals surface area contributed by atoms with Crippen LogP contribution in [-0.4, -0.2) is 25.7 Å².